The van der Waals surface area contributed by atoms with Crippen LogP contribution in [-0.2, 0) is 0 Å². The molecule has 0 aromatic carbocycles. The first-order valence-electron chi connectivity index (χ1n) is 8.36. The van der Waals surface area contributed by atoms with Gasteiger partial charge in [0.05, 0.1) is 5.39 Å². The number of rotatable bonds is 4. The van der Waals surface area contributed by atoms with Crippen molar-refractivity contribution >= 4 is 28.7 Å². The summed E-state index contributed by atoms with van der Waals surface area (Å²) in [6.45, 7) is 4.07. The van der Waals surface area contributed by atoms with Crippen LogP contribution in [0.4, 0.5) is 16.4 Å². The van der Waals surface area contributed by atoms with Crippen LogP contribution in [-0.4, -0.2) is 41.0 Å². The van der Waals surface area contributed by atoms with Crippen molar-refractivity contribution in [3.05, 3.63) is 42.9 Å². The highest BCUT2D eigenvalue weighted by Gasteiger charge is 2.13. The van der Waals surface area contributed by atoms with E-state index in [2.05, 4.69) is 41.0 Å². The van der Waals surface area contributed by atoms with E-state index in [1.165, 1.54) is 0 Å². The molecule has 0 aliphatic heterocycles. The van der Waals surface area contributed by atoms with E-state index in [1.54, 1.807) is 30.7 Å². The lowest BCUT2D eigenvalue weighted by Crippen LogP contribution is -2.20. The standard InChI is InChI=1S/C17H17N9O/c1-10(2)26-9-19-25-16(26)12-6-3-7-13(20-12)21-17(27)22-15-11-5-4-8-18-14(11)23-24-15/h3-10H,1-2H3,(H3,18,20,21,22,23,24,27). The molecule has 0 spiro atoms. The minimum atomic E-state index is -0.456. The third-order valence-electron chi connectivity index (χ3n) is 3.92. The summed E-state index contributed by atoms with van der Waals surface area (Å²) in [5.74, 6) is 1.42. The van der Waals surface area contributed by atoms with Gasteiger partial charge in [0.2, 0.25) is 0 Å². The van der Waals surface area contributed by atoms with Crippen LogP contribution in [0.5, 0.6) is 0 Å². The van der Waals surface area contributed by atoms with E-state index in [0.717, 1.165) is 5.39 Å². The summed E-state index contributed by atoms with van der Waals surface area (Å²) in [5, 5.41) is 21.0. The molecule has 0 fully saturated rings. The zero-order chi connectivity index (χ0) is 18.8. The molecule has 0 bridgehead atoms. The van der Waals surface area contributed by atoms with Crippen LogP contribution in [0, 0.1) is 0 Å². The molecule has 136 valence electrons. The number of fused-ring (bicyclic) bond motifs is 1. The number of amides is 2. The third-order valence-corrected chi connectivity index (χ3v) is 3.92. The highest BCUT2D eigenvalue weighted by Crippen LogP contribution is 2.20. The van der Waals surface area contributed by atoms with E-state index in [0.29, 0.717) is 28.8 Å². The molecule has 0 atom stereocenters. The third kappa shape index (κ3) is 3.32. The number of hydrogen-bond donors (Lipinski definition) is 3. The van der Waals surface area contributed by atoms with Crippen LogP contribution < -0.4 is 10.6 Å². The zero-order valence-electron chi connectivity index (χ0n) is 14.7. The maximum Gasteiger partial charge on any atom is 0.326 e. The van der Waals surface area contributed by atoms with E-state index in [1.807, 2.05) is 30.5 Å². The predicted octanol–water partition coefficient (Wildman–Crippen LogP) is 2.84. The first-order valence-corrected chi connectivity index (χ1v) is 8.36. The van der Waals surface area contributed by atoms with Crippen molar-refractivity contribution < 1.29 is 4.79 Å². The van der Waals surface area contributed by atoms with Gasteiger partial charge in [-0.1, -0.05) is 6.07 Å². The molecule has 4 rings (SSSR count). The monoisotopic (exact) mass is 363 g/mol. The molecule has 4 aromatic rings. The summed E-state index contributed by atoms with van der Waals surface area (Å²) in [6, 6.07) is 8.64. The smallest absolute Gasteiger partial charge is 0.310 e. The average Bonchev–Trinajstić information content (AvgIpc) is 3.30. The van der Waals surface area contributed by atoms with Gasteiger partial charge in [-0.25, -0.2) is 14.8 Å². The fourth-order valence-corrected chi connectivity index (χ4v) is 2.64. The molecule has 4 aromatic heterocycles. The van der Waals surface area contributed by atoms with E-state index in [4.69, 9.17) is 0 Å². The van der Waals surface area contributed by atoms with Crippen LogP contribution in [0.3, 0.4) is 0 Å². The highest BCUT2D eigenvalue weighted by atomic mass is 16.2. The quantitative estimate of drug-likeness (QED) is 0.512. The van der Waals surface area contributed by atoms with Crippen molar-refractivity contribution in [1.82, 2.24) is 34.9 Å². The molecule has 0 saturated carbocycles. The Morgan fingerprint density at radius 2 is 2.07 bits per heavy atom. The Labute approximate surface area is 154 Å². The van der Waals surface area contributed by atoms with Gasteiger partial charge in [0.25, 0.3) is 0 Å². The van der Waals surface area contributed by atoms with Crippen molar-refractivity contribution in [3.63, 3.8) is 0 Å². The predicted molar refractivity (Wildman–Crippen MR) is 100 cm³/mol. The lowest BCUT2D eigenvalue weighted by molar-refractivity contribution is 0.262. The van der Waals surface area contributed by atoms with Gasteiger partial charge in [0.15, 0.2) is 17.3 Å². The molecule has 0 aliphatic carbocycles. The molecule has 0 aliphatic rings. The molecule has 3 N–H and O–H groups in total. The lowest BCUT2D eigenvalue weighted by Gasteiger charge is -2.10. The molecule has 10 heteroatoms. The van der Waals surface area contributed by atoms with E-state index < -0.39 is 6.03 Å². The summed E-state index contributed by atoms with van der Waals surface area (Å²) in [6.07, 6.45) is 3.31. The van der Waals surface area contributed by atoms with Crippen LogP contribution in [0.25, 0.3) is 22.6 Å². The van der Waals surface area contributed by atoms with Crippen LogP contribution in [0.2, 0.25) is 0 Å². The molecule has 0 saturated heterocycles. The minimum absolute atomic E-state index is 0.193. The zero-order valence-corrected chi connectivity index (χ0v) is 14.7. The van der Waals surface area contributed by atoms with Crippen molar-refractivity contribution in [2.24, 2.45) is 0 Å². The molecule has 27 heavy (non-hydrogen) atoms. The number of pyridine rings is 2. The van der Waals surface area contributed by atoms with Crippen molar-refractivity contribution in [3.8, 4) is 11.5 Å². The van der Waals surface area contributed by atoms with Gasteiger partial charge in [0, 0.05) is 12.2 Å². The molecule has 4 heterocycles. The van der Waals surface area contributed by atoms with Crippen LogP contribution in [0.1, 0.15) is 19.9 Å². The second-order valence-corrected chi connectivity index (χ2v) is 6.11. The van der Waals surface area contributed by atoms with Crippen molar-refractivity contribution in [2.75, 3.05) is 10.6 Å². The Hall–Kier alpha value is -3.82. The average molecular weight is 363 g/mol. The number of carbonyl (C=O) groups is 1. The second kappa shape index (κ2) is 6.83. The number of anilines is 2. The Morgan fingerprint density at radius 1 is 1.19 bits per heavy atom. The maximum absolute atomic E-state index is 12.3. The first-order chi connectivity index (χ1) is 13.1. The molecule has 10 nitrogen and oxygen atoms in total. The first kappa shape index (κ1) is 16.6. The molecular weight excluding hydrogens is 346 g/mol. The minimum Gasteiger partial charge on any atom is -0.310 e. The summed E-state index contributed by atoms with van der Waals surface area (Å²) in [7, 11) is 0. The van der Waals surface area contributed by atoms with Gasteiger partial charge in [-0.2, -0.15) is 5.10 Å². The Kier molecular flexibility index (Phi) is 4.21. The Morgan fingerprint density at radius 3 is 2.93 bits per heavy atom. The number of hydrogen-bond acceptors (Lipinski definition) is 6. The topological polar surface area (TPSA) is 126 Å². The maximum atomic E-state index is 12.3. The number of nitrogens with zero attached hydrogens (tertiary/aromatic N) is 6. The van der Waals surface area contributed by atoms with Crippen LogP contribution >= 0.6 is 0 Å². The number of aromatic nitrogens is 7. The largest absolute Gasteiger partial charge is 0.326 e. The number of carbonyl (C=O) groups excluding carboxylic acids is 1. The number of H-pyrrole nitrogens is 1. The van der Waals surface area contributed by atoms with Crippen LogP contribution in [0.15, 0.2) is 42.9 Å². The number of aromatic amines is 1. The molecule has 2 amide bonds. The van der Waals surface area contributed by atoms with Gasteiger partial charge in [-0.05, 0) is 38.1 Å². The van der Waals surface area contributed by atoms with Gasteiger partial charge >= 0.3 is 6.03 Å². The number of urea groups is 1. The van der Waals surface area contributed by atoms with Crippen molar-refractivity contribution in [2.45, 2.75) is 19.9 Å². The molecular formula is C17H17N9O. The van der Waals surface area contributed by atoms with E-state index in [-0.39, 0.29) is 6.04 Å². The fraction of sp³-hybridized carbons (Fsp3) is 0.176. The van der Waals surface area contributed by atoms with Crippen molar-refractivity contribution in [1.29, 1.82) is 0 Å². The SMILES string of the molecule is CC(C)n1cnnc1-c1cccc(NC(=O)Nc2n[nH]c3ncccc23)n1. The fourth-order valence-electron chi connectivity index (χ4n) is 2.64. The normalized spacial score (nSPS) is 11.1. The number of nitrogens with one attached hydrogen (secondary N) is 3. The van der Waals surface area contributed by atoms with Gasteiger partial charge in [-0.15, -0.1) is 10.2 Å². The molecule has 0 unspecified atom stereocenters. The summed E-state index contributed by atoms with van der Waals surface area (Å²) >= 11 is 0. The summed E-state index contributed by atoms with van der Waals surface area (Å²) in [4.78, 5) is 20.9. The van der Waals surface area contributed by atoms with Gasteiger partial charge in [0.1, 0.15) is 17.8 Å². The summed E-state index contributed by atoms with van der Waals surface area (Å²) < 4.78 is 1.91. The second-order valence-electron chi connectivity index (χ2n) is 6.11. The van der Waals surface area contributed by atoms with Gasteiger partial charge < -0.3 is 4.57 Å². The Bertz CT molecular complexity index is 1100. The summed E-state index contributed by atoms with van der Waals surface area (Å²) in [5.41, 5.74) is 1.22. The van der Waals surface area contributed by atoms with E-state index in [9.17, 15) is 4.79 Å². The van der Waals surface area contributed by atoms with Gasteiger partial charge in [-0.3, -0.25) is 15.7 Å². The highest BCUT2D eigenvalue weighted by molar-refractivity contribution is 6.03. The molecule has 0 radical (unpaired) electrons. The Balaban J connectivity index is 1.53. The van der Waals surface area contributed by atoms with E-state index >= 15 is 0 Å². The lowest BCUT2D eigenvalue weighted by atomic mass is 10.3.